The average Bonchev–Trinajstić information content (AvgIpc) is 3.15. The third-order valence-corrected chi connectivity index (χ3v) is 6.67. The summed E-state index contributed by atoms with van der Waals surface area (Å²) in [6, 6.07) is 3.95. The molecule has 132 valence electrons. The number of nitrogens with zero attached hydrogens (tertiary/aromatic N) is 4. The Hall–Kier alpha value is -1.79. The number of thiazole rings is 1. The van der Waals surface area contributed by atoms with E-state index in [-0.39, 0.29) is 17.4 Å². The van der Waals surface area contributed by atoms with Crippen LogP contribution in [0.4, 0.5) is 0 Å². The van der Waals surface area contributed by atoms with Crippen LogP contribution < -0.4 is 0 Å². The fourth-order valence-electron chi connectivity index (χ4n) is 4.29. The van der Waals surface area contributed by atoms with Gasteiger partial charge in [-0.2, -0.15) is 0 Å². The number of hydrogen-bond donors (Lipinski definition) is 0. The molecule has 6 heteroatoms. The Morgan fingerprint density at radius 1 is 1.36 bits per heavy atom. The Bertz CT molecular complexity index is 752. The highest BCUT2D eigenvalue weighted by Crippen LogP contribution is 2.44. The van der Waals surface area contributed by atoms with Crippen LogP contribution in [0.2, 0.25) is 0 Å². The lowest BCUT2D eigenvalue weighted by Crippen LogP contribution is -2.51. The third-order valence-electron chi connectivity index (χ3n) is 5.85. The summed E-state index contributed by atoms with van der Waals surface area (Å²) in [4.78, 5) is 26.1. The van der Waals surface area contributed by atoms with Crippen LogP contribution in [0.5, 0.6) is 0 Å². The molecular weight excluding hydrogens is 332 g/mol. The van der Waals surface area contributed by atoms with E-state index in [1.807, 2.05) is 30.3 Å². The van der Waals surface area contributed by atoms with Gasteiger partial charge in [0.2, 0.25) is 5.91 Å². The van der Waals surface area contributed by atoms with Crippen molar-refractivity contribution in [1.29, 1.82) is 0 Å². The fourth-order valence-corrected chi connectivity index (χ4v) is 4.89. The molecule has 1 atom stereocenters. The minimum atomic E-state index is -0.0357. The number of hydrogen-bond acceptors (Lipinski definition) is 5. The van der Waals surface area contributed by atoms with E-state index in [0.29, 0.717) is 0 Å². The molecule has 2 aliphatic heterocycles. The van der Waals surface area contributed by atoms with Crippen LogP contribution in [-0.2, 0) is 11.3 Å². The predicted octanol–water partition coefficient (Wildman–Crippen LogP) is 2.83. The molecule has 2 saturated heterocycles. The minimum Gasteiger partial charge on any atom is -0.339 e. The summed E-state index contributed by atoms with van der Waals surface area (Å²) < 4.78 is 0. The molecule has 4 rings (SSSR count). The molecule has 0 saturated carbocycles. The van der Waals surface area contributed by atoms with Gasteiger partial charge in [-0.3, -0.25) is 14.7 Å². The van der Waals surface area contributed by atoms with Crippen molar-refractivity contribution in [2.75, 3.05) is 20.1 Å². The standard InChI is InChI=1S/C19H24N4OS/c1-14-21-16(13-25-14)12-23-8-5-19(6-9-23)10-17(18(24)22(19)2)15-4-3-7-20-11-15/h3-4,7,11,13,17H,5-6,8-10,12H2,1-2H3/t17-/m1/s1. The number of amides is 1. The molecule has 0 bridgehead atoms. The van der Waals surface area contributed by atoms with Gasteiger partial charge in [-0.25, -0.2) is 4.98 Å². The zero-order valence-electron chi connectivity index (χ0n) is 14.8. The van der Waals surface area contributed by atoms with Crippen molar-refractivity contribution < 1.29 is 4.79 Å². The molecule has 25 heavy (non-hydrogen) atoms. The maximum absolute atomic E-state index is 12.8. The lowest BCUT2D eigenvalue weighted by Gasteiger charge is -2.43. The summed E-state index contributed by atoms with van der Waals surface area (Å²) in [6.07, 6.45) is 6.60. The van der Waals surface area contributed by atoms with E-state index in [0.717, 1.165) is 49.5 Å². The second kappa shape index (κ2) is 6.50. The molecular formula is C19H24N4OS. The number of piperidine rings is 1. The number of carbonyl (C=O) groups is 1. The molecule has 0 aliphatic carbocycles. The van der Waals surface area contributed by atoms with Gasteiger partial charge in [-0.15, -0.1) is 11.3 Å². The molecule has 2 aliphatic rings. The Kier molecular flexibility index (Phi) is 4.33. The van der Waals surface area contributed by atoms with Crippen LogP contribution in [-0.4, -0.2) is 51.4 Å². The molecule has 2 aromatic heterocycles. The first-order chi connectivity index (χ1) is 12.1. The zero-order valence-corrected chi connectivity index (χ0v) is 15.6. The van der Waals surface area contributed by atoms with Crippen molar-refractivity contribution >= 4 is 17.2 Å². The lowest BCUT2D eigenvalue weighted by atomic mass is 9.81. The van der Waals surface area contributed by atoms with Gasteiger partial charge in [0.15, 0.2) is 0 Å². The van der Waals surface area contributed by atoms with Crippen LogP contribution >= 0.6 is 11.3 Å². The number of carbonyl (C=O) groups excluding carboxylic acids is 1. The minimum absolute atomic E-state index is 0.00603. The van der Waals surface area contributed by atoms with Gasteiger partial charge in [0.25, 0.3) is 0 Å². The molecule has 0 N–H and O–H groups in total. The number of likely N-dealkylation sites (tertiary alicyclic amines) is 2. The van der Waals surface area contributed by atoms with Crippen molar-refractivity contribution in [1.82, 2.24) is 19.8 Å². The van der Waals surface area contributed by atoms with Crippen molar-refractivity contribution in [2.45, 2.75) is 44.2 Å². The highest BCUT2D eigenvalue weighted by molar-refractivity contribution is 7.09. The van der Waals surface area contributed by atoms with Crippen molar-refractivity contribution in [3.8, 4) is 0 Å². The maximum atomic E-state index is 12.8. The van der Waals surface area contributed by atoms with E-state index < -0.39 is 0 Å². The van der Waals surface area contributed by atoms with E-state index in [1.165, 1.54) is 5.69 Å². The van der Waals surface area contributed by atoms with E-state index >= 15 is 0 Å². The topological polar surface area (TPSA) is 49.3 Å². The second-order valence-electron chi connectivity index (χ2n) is 7.30. The van der Waals surface area contributed by atoms with Gasteiger partial charge >= 0.3 is 0 Å². The summed E-state index contributed by atoms with van der Waals surface area (Å²) in [5.41, 5.74) is 2.23. The summed E-state index contributed by atoms with van der Waals surface area (Å²) >= 11 is 1.71. The van der Waals surface area contributed by atoms with Gasteiger partial charge in [0, 0.05) is 50.0 Å². The van der Waals surface area contributed by atoms with Gasteiger partial charge in [-0.1, -0.05) is 6.07 Å². The molecule has 0 unspecified atom stereocenters. The quantitative estimate of drug-likeness (QED) is 0.848. The van der Waals surface area contributed by atoms with Crippen molar-refractivity contribution in [3.63, 3.8) is 0 Å². The molecule has 0 radical (unpaired) electrons. The average molecular weight is 356 g/mol. The second-order valence-corrected chi connectivity index (χ2v) is 8.36. The summed E-state index contributed by atoms with van der Waals surface area (Å²) in [5, 5.41) is 3.28. The van der Waals surface area contributed by atoms with E-state index in [4.69, 9.17) is 0 Å². The Labute approximate surface area is 152 Å². The summed E-state index contributed by atoms with van der Waals surface area (Å²) in [7, 11) is 1.98. The molecule has 5 nitrogen and oxygen atoms in total. The Morgan fingerprint density at radius 3 is 2.80 bits per heavy atom. The van der Waals surface area contributed by atoms with E-state index in [9.17, 15) is 4.79 Å². The normalized spacial score (nSPS) is 23.5. The highest BCUT2D eigenvalue weighted by Gasteiger charge is 2.50. The van der Waals surface area contributed by atoms with Crippen LogP contribution in [0.25, 0.3) is 0 Å². The molecule has 2 aromatic rings. The molecule has 1 amide bonds. The van der Waals surface area contributed by atoms with Gasteiger partial charge in [0.05, 0.1) is 16.6 Å². The smallest absolute Gasteiger partial charge is 0.230 e. The first-order valence-electron chi connectivity index (χ1n) is 8.88. The highest BCUT2D eigenvalue weighted by atomic mass is 32.1. The van der Waals surface area contributed by atoms with Crippen molar-refractivity contribution in [2.24, 2.45) is 0 Å². The van der Waals surface area contributed by atoms with Crippen LogP contribution in [0.1, 0.15) is 41.4 Å². The van der Waals surface area contributed by atoms with Crippen LogP contribution in [0, 0.1) is 6.92 Å². The number of pyridine rings is 1. The summed E-state index contributed by atoms with van der Waals surface area (Å²) in [5.74, 6) is 0.211. The van der Waals surface area contributed by atoms with E-state index in [1.54, 1.807) is 17.5 Å². The van der Waals surface area contributed by atoms with Gasteiger partial charge < -0.3 is 4.90 Å². The van der Waals surface area contributed by atoms with Crippen molar-refractivity contribution in [3.05, 3.63) is 46.2 Å². The number of likely N-dealkylation sites (N-methyl/N-ethyl adjacent to an activating group) is 1. The number of aryl methyl sites for hydroxylation is 1. The predicted molar refractivity (Wildman–Crippen MR) is 98.5 cm³/mol. The lowest BCUT2D eigenvalue weighted by molar-refractivity contribution is -0.131. The zero-order chi connectivity index (χ0) is 17.4. The van der Waals surface area contributed by atoms with Crippen LogP contribution in [0.3, 0.4) is 0 Å². The summed E-state index contributed by atoms with van der Waals surface area (Å²) in [6.45, 7) is 5.02. The van der Waals surface area contributed by atoms with Gasteiger partial charge in [0.1, 0.15) is 0 Å². The van der Waals surface area contributed by atoms with Gasteiger partial charge in [-0.05, 0) is 37.8 Å². The largest absolute Gasteiger partial charge is 0.339 e. The molecule has 1 spiro atoms. The van der Waals surface area contributed by atoms with E-state index in [2.05, 4.69) is 27.2 Å². The number of aromatic nitrogens is 2. The first kappa shape index (κ1) is 16.7. The fraction of sp³-hybridized carbons (Fsp3) is 0.526. The monoisotopic (exact) mass is 356 g/mol. The number of rotatable bonds is 3. The van der Waals surface area contributed by atoms with Crippen LogP contribution in [0.15, 0.2) is 29.9 Å². The third kappa shape index (κ3) is 3.09. The Morgan fingerprint density at radius 2 is 2.16 bits per heavy atom. The Balaban J connectivity index is 1.44. The molecule has 4 heterocycles. The first-order valence-corrected chi connectivity index (χ1v) is 9.76. The SMILES string of the molecule is Cc1nc(CN2CCC3(CC2)C[C@H](c2cccnc2)C(=O)N3C)cs1. The molecule has 0 aromatic carbocycles. The molecule has 2 fully saturated rings. The maximum Gasteiger partial charge on any atom is 0.230 e.